The van der Waals surface area contributed by atoms with Crippen LogP contribution in [0.3, 0.4) is 0 Å². The summed E-state index contributed by atoms with van der Waals surface area (Å²) in [4.78, 5) is 17.2. The number of hydrogen-bond donors (Lipinski definition) is 1. The van der Waals surface area contributed by atoms with Gasteiger partial charge in [0.2, 0.25) is 10.0 Å². The molecule has 0 spiro atoms. The molecule has 0 aliphatic heterocycles. The minimum atomic E-state index is -3.77. The number of amides is 1. The van der Waals surface area contributed by atoms with Crippen LogP contribution < -0.4 is 10.1 Å². The Labute approximate surface area is 181 Å². The quantitative estimate of drug-likeness (QED) is 0.574. The van der Waals surface area contributed by atoms with E-state index in [4.69, 9.17) is 4.74 Å². The summed E-state index contributed by atoms with van der Waals surface area (Å²) in [6.45, 7) is 4.01. The summed E-state index contributed by atoms with van der Waals surface area (Å²) in [5.74, 6) is 0.446. The van der Waals surface area contributed by atoms with E-state index in [-0.39, 0.29) is 10.6 Å². The van der Waals surface area contributed by atoms with Crippen LogP contribution in [-0.2, 0) is 16.4 Å². The zero-order valence-corrected chi connectivity index (χ0v) is 18.7. The van der Waals surface area contributed by atoms with Crippen LogP contribution in [0.5, 0.6) is 5.75 Å². The smallest absolute Gasteiger partial charge is 0.259 e. The minimum Gasteiger partial charge on any atom is -0.492 e. The van der Waals surface area contributed by atoms with Gasteiger partial charge in [-0.05, 0) is 43.7 Å². The Kier molecular flexibility index (Phi) is 6.71. The Balaban J connectivity index is 1.95. The van der Waals surface area contributed by atoms with Gasteiger partial charge in [0.25, 0.3) is 5.91 Å². The third-order valence-electron chi connectivity index (χ3n) is 4.57. The molecule has 0 atom stereocenters. The number of benzene rings is 1. The predicted octanol–water partition coefficient (Wildman–Crippen LogP) is 2.73. The van der Waals surface area contributed by atoms with Crippen molar-refractivity contribution in [3.05, 3.63) is 60.0 Å². The van der Waals surface area contributed by atoms with Crippen molar-refractivity contribution in [3.63, 3.8) is 0 Å². The maximum absolute atomic E-state index is 13.0. The lowest BCUT2D eigenvalue weighted by molar-refractivity contribution is 0.102. The maximum atomic E-state index is 13.0. The maximum Gasteiger partial charge on any atom is 0.259 e. The average Bonchev–Trinajstić information content (AvgIpc) is 3.19. The molecule has 1 aromatic carbocycles. The molecule has 1 N–H and O–H groups in total. The second kappa shape index (κ2) is 9.27. The predicted molar refractivity (Wildman–Crippen MR) is 117 cm³/mol. The van der Waals surface area contributed by atoms with E-state index >= 15 is 0 Å². The highest BCUT2D eigenvalue weighted by atomic mass is 32.2. The number of sulfonamides is 1. The number of aromatic nitrogens is 3. The fraction of sp³-hybridized carbons (Fsp3) is 0.286. The van der Waals surface area contributed by atoms with E-state index in [9.17, 15) is 13.2 Å². The Morgan fingerprint density at radius 1 is 1.19 bits per heavy atom. The molecule has 0 saturated carbocycles. The van der Waals surface area contributed by atoms with Gasteiger partial charge in [-0.2, -0.15) is 5.10 Å². The van der Waals surface area contributed by atoms with Crippen LogP contribution in [0.4, 0.5) is 5.69 Å². The molecule has 2 heterocycles. The standard InChI is InChI=1S/C21H25N5O4S/c1-5-17-16(14-23-26(17)20-9-7-8-12-22-20)21(27)24-15-10-11-18(30-6-2)19(13-15)31(28,29)25(3)4/h7-14H,5-6H2,1-4H3,(H,24,27). The summed E-state index contributed by atoms with van der Waals surface area (Å²) in [5.41, 5.74) is 1.42. The number of rotatable bonds is 8. The monoisotopic (exact) mass is 443 g/mol. The van der Waals surface area contributed by atoms with Crippen LogP contribution in [0.1, 0.15) is 29.9 Å². The molecule has 0 saturated heterocycles. The molecule has 1 amide bonds. The summed E-state index contributed by atoms with van der Waals surface area (Å²) >= 11 is 0. The molecule has 0 fully saturated rings. The van der Waals surface area contributed by atoms with Gasteiger partial charge in [0.05, 0.1) is 24.1 Å². The normalized spacial score (nSPS) is 11.5. The fourth-order valence-electron chi connectivity index (χ4n) is 3.04. The van der Waals surface area contributed by atoms with Crippen molar-refractivity contribution < 1.29 is 17.9 Å². The van der Waals surface area contributed by atoms with Gasteiger partial charge in [0.1, 0.15) is 10.6 Å². The third kappa shape index (κ3) is 4.59. The van der Waals surface area contributed by atoms with Crippen LogP contribution in [0.15, 0.2) is 53.7 Å². The minimum absolute atomic E-state index is 0.0166. The van der Waals surface area contributed by atoms with E-state index in [1.807, 2.05) is 13.0 Å². The summed E-state index contributed by atoms with van der Waals surface area (Å²) in [7, 11) is -0.884. The van der Waals surface area contributed by atoms with E-state index in [1.165, 1.54) is 32.4 Å². The van der Waals surface area contributed by atoms with Crippen molar-refractivity contribution in [2.45, 2.75) is 25.2 Å². The Morgan fingerprint density at radius 2 is 1.97 bits per heavy atom. The number of hydrogen-bond acceptors (Lipinski definition) is 6. The first-order valence-electron chi connectivity index (χ1n) is 9.78. The van der Waals surface area contributed by atoms with E-state index < -0.39 is 15.9 Å². The summed E-state index contributed by atoms with van der Waals surface area (Å²) in [6.07, 6.45) is 3.70. The van der Waals surface area contributed by atoms with Crippen LogP contribution in [0.2, 0.25) is 0 Å². The fourth-order valence-corrected chi connectivity index (χ4v) is 4.09. The molecule has 0 aliphatic carbocycles. The van der Waals surface area contributed by atoms with Crippen LogP contribution >= 0.6 is 0 Å². The van der Waals surface area contributed by atoms with Gasteiger partial charge < -0.3 is 10.1 Å². The summed E-state index contributed by atoms with van der Waals surface area (Å²) in [6, 6.07) is 9.99. The number of pyridine rings is 1. The molecule has 0 bridgehead atoms. The first kappa shape index (κ1) is 22.4. The number of carbonyl (C=O) groups is 1. The molecule has 31 heavy (non-hydrogen) atoms. The second-order valence-corrected chi connectivity index (χ2v) is 8.91. The summed E-state index contributed by atoms with van der Waals surface area (Å²) < 4.78 is 33.6. The van der Waals surface area contributed by atoms with Gasteiger partial charge in [-0.3, -0.25) is 4.79 Å². The molecule has 3 rings (SSSR count). The van der Waals surface area contributed by atoms with Gasteiger partial charge >= 0.3 is 0 Å². The topological polar surface area (TPSA) is 106 Å². The van der Waals surface area contributed by atoms with Crippen molar-refractivity contribution in [1.29, 1.82) is 0 Å². The third-order valence-corrected chi connectivity index (χ3v) is 6.41. The molecule has 0 radical (unpaired) electrons. The molecule has 0 aliphatic rings. The number of nitrogens with one attached hydrogen (secondary N) is 1. The largest absolute Gasteiger partial charge is 0.492 e. The molecular weight excluding hydrogens is 418 g/mol. The van der Waals surface area contributed by atoms with Gasteiger partial charge in [-0.25, -0.2) is 22.4 Å². The lowest BCUT2D eigenvalue weighted by Crippen LogP contribution is -2.23. The highest BCUT2D eigenvalue weighted by Gasteiger charge is 2.24. The van der Waals surface area contributed by atoms with Crippen molar-refractivity contribution in [3.8, 4) is 11.6 Å². The van der Waals surface area contributed by atoms with Crippen molar-refractivity contribution in [2.24, 2.45) is 0 Å². The number of nitrogens with zero attached hydrogens (tertiary/aromatic N) is 4. The zero-order valence-electron chi connectivity index (χ0n) is 17.9. The lowest BCUT2D eigenvalue weighted by atomic mass is 10.2. The molecule has 2 aromatic heterocycles. The Hall–Kier alpha value is -3.24. The van der Waals surface area contributed by atoms with Crippen LogP contribution in [0, 0.1) is 0 Å². The summed E-state index contributed by atoms with van der Waals surface area (Å²) in [5, 5.41) is 7.08. The lowest BCUT2D eigenvalue weighted by Gasteiger charge is -2.16. The van der Waals surface area contributed by atoms with Crippen molar-refractivity contribution >= 4 is 21.6 Å². The van der Waals surface area contributed by atoms with Crippen molar-refractivity contribution in [1.82, 2.24) is 19.1 Å². The number of anilines is 1. The molecule has 9 nitrogen and oxygen atoms in total. The van der Waals surface area contributed by atoms with Gasteiger partial charge in [-0.1, -0.05) is 13.0 Å². The first-order valence-corrected chi connectivity index (χ1v) is 11.2. The highest BCUT2D eigenvalue weighted by Crippen LogP contribution is 2.29. The Bertz CT molecular complexity index is 1170. The average molecular weight is 444 g/mol. The molecule has 10 heteroatoms. The molecule has 0 unspecified atom stereocenters. The van der Waals surface area contributed by atoms with E-state index in [0.717, 1.165) is 4.31 Å². The zero-order chi connectivity index (χ0) is 22.6. The van der Waals surface area contributed by atoms with E-state index in [2.05, 4.69) is 15.4 Å². The van der Waals surface area contributed by atoms with Crippen molar-refractivity contribution in [2.75, 3.05) is 26.0 Å². The molecule has 164 valence electrons. The number of ether oxygens (including phenoxy) is 1. The first-order chi connectivity index (χ1) is 14.8. The Morgan fingerprint density at radius 3 is 2.58 bits per heavy atom. The molecule has 3 aromatic rings. The SMILES string of the molecule is CCOc1ccc(NC(=O)c2cnn(-c3ccccn3)c2CC)cc1S(=O)(=O)N(C)C. The van der Waals surface area contributed by atoms with Crippen LogP contribution in [0.25, 0.3) is 5.82 Å². The van der Waals surface area contributed by atoms with Gasteiger partial charge in [0, 0.05) is 26.0 Å². The highest BCUT2D eigenvalue weighted by molar-refractivity contribution is 7.89. The van der Waals surface area contributed by atoms with Gasteiger partial charge in [0.15, 0.2) is 5.82 Å². The van der Waals surface area contributed by atoms with Gasteiger partial charge in [-0.15, -0.1) is 0 Å². The van der Waals surface area contributed by atoms with Crippen LogP contribution in [-0.4, -0.2) is 54.1 Å². The van der Waals surface area contributed by atoms with E-state index in [1.54, 1.807) is 36.0 Å². The van der Waals surface area contributed by atoms with E-state index in [0.29, 0.717) is 35.8 Å². The molecular formula is C21H25N5O4S. The number of carbonyl (C=O) groups excluding carboxylic acids is 1. The second-order valence-electron chi connectivity index (χ2n) is 6.79.